The van der Waals surface area contributed by atoms with Crippen LogP contribution in [0.1, 0.15) is 38.5 Å². The second-order valence-corrected chi connectivity index (χ2v) is 5.23. The summed E-state index contributed by atoms with van der Waals surface area (Å²) in [6.07, 6.45) is 9.57. The van der Waals surface area contributed by atoms with E-state index in [2.05, 4.69) is 25.8 Å². The maximum absolute atomic E-state index is 10.6. The molecule has 2 heterocycles. The number of nitrogens with one attached hydrogen (secondary N) is 1. The van der Waals surface area contributed by atoms with Crippen molar-refractivity contribution >= 4 is 11.5 Å². The first-order chi connectivity index (χ1) is 9.27. The van der Waals surface area contributed by atoms with E-state index >= 15 is 0 Å². The molecule has 7 heteroatoms. The van der Waals surface area contributed by atoms with E-state index in [4.69, 9.17) is 0 Å². The lowest BCUT2D eigenvalue weighted by Crippen LogP contribution is -2.36. The molecule has 2 aromatic rings. The van der Waals surface area contributed by atoms with Gasteiger partial charge in [0, 0.05) is 6.54 Å². The van der Waals surface area contributed by atoms with Crippen molar-refractivity contribution in [3.8, 4) is 0 Å². The lowest BCUT2D eigenvalue weighted by molar-refractivity contribution is 0.0380. The monoisotopic (exact) mass is 262 g/mol. The van der Waals surface area contributed by atoms with E-state index in [0.717, 1.165) is 25.7 Å². The highest BCUT2D eigenvalue weighted by atomic mass is 16.3. The van der Waals surface area contributed by atoms with Gasteiger partial charge in [-0.1, -0.05) is 25.7 Å². The molecule has 0 unspecified atom stereocenters. The van der Waals surface area contributed by atoms with Gasteiger partial charge in [0.25, 0.3) is 0 Å². The number of anilines is 1. The van der Waals surface area contributed by atoms with Crippen molar-refractivity contribution in [2.45, 2.75) is 44.1 Å². The van der Waals surface area contributed by atoms with Gasteiger partial charge >= 0.3 is 0 Å². The number of hydrogen-bond acceptors (Lipinski definition) is 6. The summed E-state index contributed by atoms with van der Waals surface area (Å²) in [7, 11) is 0. The van der Waals surface area contributed by atoms with Crippen LogP contribution in [-0.4, -0.2) is 42.3 Å². The first-order valence-corrected chi connectivity index (χ1v) is 6.75. The predicted octanol–water partition coefficient (Wildman–Crippen LogP) is 1.02. The van der Waals surface area contributed by atoms with E-state index in [0.29, 0.717) is 18.0 Å². The molecule has 19 heavy (non-hydrogen) atoms. The van der Waals surface area contributed by atoms with Crippen LogP contribution >= 0.6 is 0 Å². The van der Waals surface area contributed by atoms with Crippen LogP contribution in [0.5, 0.6) is 0 Å². The Morgan fingerprint density at radius 2 is 2.00 bits per heavy atom. The largest absolute Gasteiger partial charge is 0.388 e. The van der Waals surface area contributed by atoms with Crippen LogP contribution in [0, 0.1) is 0 Å². The molecule has 0 atom stereocenters. The molecule has 2 N–H and O–H groups in total. The van der Waals surface area contributed by atoms with Crippen LogP contribution in [-0.2, 0) is 0 Å². The van der Waals surface area contributed by atoms with E-state index in [1.54, 1.807) is 16.9 Å². The van der Waals surface area contributed by atoms with Crippen LogP contribution < -0.4 is 5.32 Å². The Morgan fingerprint density at radius 1 is 1.21 bits per heavy atom. The SMILES string of the molecule is OC1(CNc2cncc3nnnn23)CCCCCC1. The number of tetrazole rings is 1. The van der Waals surface area contributed by atoms with Gasteiger partial charge in [0.05, 0.1) is 18.0 Å². The molecule has 0 aliphatic heterocycles. The third-order valence-corrected chi connectivity index (χ3v) is 3.74. The molecular formula is C12H18N6O. The fourth-order valence-electron chi connectivity index (χ4n) is 2.61. The first-order valence-electron chi connectivity index (χ1n) is 6.75. The minimum Gasteiger partial charge on any atom is -0.388 e. The Balaban J connectivity index is 1.73. The molecule has 0 saturated heterocycles. The Morgan fingerprint density at radius 3 is 2.79 bits per heavy atom. The highest BCUT2D eigenvalue weighted by molar-refractivity contribution is 5.43. The van der Waals surface area contributed by atoms with E-state index in [9.17, 15) is 5.11 Å². The Kier molecular flexibility index (Phi) is 3.29. The zero-order valence-corrected chi connectivity index (χ0v) is 10.8. The number of hydrogen-bond donors (Lipinski definition) is 2. The summed E-state index contributed by atoms with van der Waals surface area (Å²) in [5.41, 5.74) is -0.0370. The molecule has 102 valence electrons. The van der Waals surface area contributed by atoms with Crippen molar-refractivity contribution in [1.82, 2.24) is 25.0 Å². The van der Waals surface area contributed by atoms with Crippen LogP contribution in [0.15, 0.2) is 12.4 Å². The molecule has 0 aromatic carbocycles. The topological polar surface area (TPSA) is 88.2 Å². The average Bonchev–Trinajstić information content (AvgIpc) is 2.80. The predicted molar refractivity (Wildman–Crippen MR) is 69.7 cm³/mol. The number of rotatable bonds is 3. The first kappa shape index (κ1) is 12.3. The van der Waals surface area contributed by atoms with Gasteiger partial charge in [0.2, 0.25) is 0 Å². The molecule has 3 rings (SSSR count). The van der Waals surface area contributed by atoms with Gasteiger partial charge in [-0.25, -0.2) is 0 Å². The third-order valence-electron chi connectivity index (χ3n) is 3.74. The normalized spacial score (nSPS) is 19.2. The minimum absolute atomic E-state index is 0.508. The van der Waals surface area contributed by atoms with Crippen LogP contribution in [0.2, 0.25) is 0 Å². The number of fused-ring (bicyclic) bond motifs is 1. The second-order valence-electron chi connectivity index (χ2n) is 5.23. The standard InChI is InChI=1S/C12H18N6O/c19-12(5-3-1-2-4-6-12)9-14-10-7-13-8-11-15-16-17-18(10)11/h7-8,14,19H,1-6,9H2. The molecule has 7 nitrogen and oxygen atoms in total. The summed E-state index contributed by atoms with van der Waals surface area (Å²) < 4.78 is 1.59. The van der Waals surface area contributed by atoms with Crippen molar-refractivity contribution < 1.29 is 5.11 Å². The van der Waals surface area contributed by atoms with Gasteiger partial charge in [0.15, 0.2) is 11.5 Å². The van der Waals surface area contributed by atoms with Crippen molar-refractivity contribution in [3.05, 3.63) is 12.4 Å². The number of nitrogens with zero attached hydrogens (tertiary/aromatic N) is 5. The molecule has 0 radical (unpaired) electrons. The fraction of sp³-hybridized carbons (Fsp3) is 0.667. The number of aromatic nitrogens is 5. The Hall–Kier alpha value is -1.76. The van der Waals surface area contributed by atoms with E-state index in [-0.39, 0.29) is 0 Å². The summed E-state index contributed by atoms with van der Waals surface area (Å²) >= 11 is 0. The van der Waals surface area contributed by atoms with E-state index in [1.807, 2.05) is 0 Å². The van der Waals surface area contributed by atoms with Crippen LogP contribution in [0.4, 0.5) is 5.82 Å². The smallest absolute Gasteiger partial charge is 0.199 e. The fourth-order valence-corrected chi connectivity index (χ4v) is 2.61. The number of aliphatic hydroxyl groups is 1. The summed E-state index contributed by atoms with van der Waals surface area (Å²) in [6, 6.07) is 0. The Labute approximate surface area is 111 Å². The van der Waals surface area contributed by atoms with Gasteiger partial charge in [-0.2, -0.15) is 4.52 Å². The molecule has 1 fully saturated rings. The maximum Gasteiger partial charge on any atom is 0.199 e. The molecule has 2 aromatic heterocycles. The molecule has 0 bridgehead atoms. The van der Waals surface area contributed by atoms with Crippen molar-refractivity contribution in [2.24, 2.45) is 0 Å². The molecule has 0 spiro atoms. The van der Waals surface area contributed by atoms with Gasteiger partial charge in [-0.05, 0) is 23.3 Å². The summed E-state index contributed by atoms with van der Waals surface area (Å²) in [4.78, 5) is 4.08. The van der Waals surface area contributed by atoms with Gasteiger partial charge in [-0.15, -0.1) is 5.10 Å². The summed E-state index contributed by atoms with van der Waals surface area (Å²) in [6.45, 7) is 0.508. The zero-order valence-electron chi connectivity index (χ0n) is 10.8. The lowest BCUT2D eigenvalue weighted by Gasteiger charge is -2.27. The van der Waals surface area contributed by atoms with Gasteiger partial charge in [0.1, 0.15) is 0 Å². The highest BCUT2D eigenvalue weighted by Gasteiger charge is 2.27. The molecule has 1 aliphatic carbocycles. The highest BCUT2D eigenvalue weighted by Crippen LogP contribution is 2.27. The van der Waals surface area contributed by atoms with Crippen molar-refractivity contribution in [2.75, 3.05) is 11.9 Å². The summed E-state index contributed by atoms with van der Waals surface area (Å²) in [5.74, 6) is 0.708. The quantitative estimate of drug-likeness (QED) is 0.803. The molecular weight excluding hydrogens is 244 g/mol. The van der Waals surface area contributed by atoms with Gasteiger partial charge in [-0.3, -0.25) is 4.98 Å². The summed E-state index contributed by atoms with van der Waals surface area (Å²) in [5, 5.41) is 25.2. The maximum atomic E-state index is 10.6. The minimum atomic E-state index is -0.632. The van der Waals surface area contributed by atoms with E-state index in [1.165, 1.54) is 12.8 Å². The molecule has 1 aliphatic rings. The third kappa shape index (κ3) is 2.65. The van der Waals surface area contributed by atoms with E-state index < -0.39 is 5.60 Å². The van der Waals surface area contributed by atoms with Crippen molar-refractivity contribution in [1.29, 1.82) is 0 Å². The van der Waals surface area contributed by atoms with Crippen LogP contribution in [0.3, 0.4) is 0 Å². The van der Waals surface area contributed by atoms with Crippen LogP contribution in [0.25, 0.3) is 5.65 Å². The average molecular weight is 262 g/mol. The second kappa shape index (κ2) is 5.08. The lowest BCUT2D eigenvalue weighted by atomic mass is 9.94. The molecule has 1 saturated carbocycles. The van der Waals surface area contributed by atoms with Crippen molar-refractivity contribution in [3.63, 3.8) is 0 Å². The van der Waals surface area contributed by atoms with Gasteiger partial charge < -0.3 is 10.4 Å². The molecule has 0 amide bonds. The zero-order chi connectivity index (χ0) is 13.1. The Bertz CT molecular complexity index is 546.